The molecule has 1 saturated carbocycles. The number of nitrogens with one attached hydrogen (secondary N) is 2. The molecule has 1 saturated heterocycles. The summed E-state index contributed by atoms with van der Waals surface area (Å²) in [5, 5.41) is 6.78. The van der Waals surface area contributed by atoms with E-state index >= 15 is 0 Å². The minimum absolute atomic E-state index is 0. The van der Waals surface area contributed by atoms with Crippen LogP contribution in [-0.4, -0.2) is 32.1 Å². The first-order valence-electron chi connectivity index (χ1n) is 9.60. The molecule has 140 valence electrons. The van der Waals surface area contributed by atoms with Crippen LogP contribution in [0.15, 0.2) is 29.3 Å². The van der Waals surface area contributed by atoms with E-state index in [4.69, 9.17) is 4.99 Å². The van der Waals surface area contributed by atoms with Gasteiger partial charge in [0.25, 0.3) is 0 Å². The van der Waals surface area contributed by atoms with Crippen molar-refractivity contribution in [1.29, 1.82) is 0 Å². The monoisotopic (exact) mass is 456 g/mol. The zero-order chi connectivity index (χ0) is 16.8. The Labute approximate surface area is 169 Å². The molecule has 2 fully saturated rings. The van der Waals surface area contributed by atoms with Gasteiger partial charge >= 0.3 is 0 Å². The van der Waals surface area contributed by atoms with Crippen LogP contribution in [-0.2, 0) is 6.54 Å². The van der Waals surface area contributed by atoms with Gasteiger partial charge in [-0.2, -0.15) is 0 Å². The third-order valence-electron chi connectivity index (χ3n) is 5.10. The van der Waals surface area contributed by atoms with Crippen molar-refractivity contribution < 1.29 is 0 Å². The van der Waals surface area contributed by atoms with Crippen molar-refractivity contribution in [2.75, 3.05) is 31.1 Å². The van der Waals surface area contributed by atoms with Gasteiger partial charge in [-0.25, -0.2) is 4.99 Å². The standard InChI is InChI=1S/C20H32N4.HI/c1-3-21-20(22-14-17-4-5-17)23-15-18-6-8-19(9-7-18)24-12-10-16(2)11-13-24;/h6-9,16-17H,3-5,10-15H2,1-2H3,(H2,21,22,23);1H. The van der Waals surface area contributed by atoms with Crippen LogP contribution in [0.3, 0.4) is 0 Å². The summed E-state index contributed by atoms with van der Waals surface area (Å²) < 4.78 is 0. The van der Waals surface area contributed by atoms with E-state index in [1.165, 1.54) is 50.0 Å². The van der Waals surface area contributed by atoms with Crippen molar-refractivity contribution in [3.63, 3.8) is 0 Å². The number of piperidine rings is 1. The second kappa shape index (κ2) is 10.2. The average molecular weight is 456 g/mol. The van der Waals surface area contributed by atoms with Crippen molar-refractivity contribution in [3.05, 3.63) is 29.8 Å². The summed E-state index contributed by atoms with van der Waals surface area (Å²) in [4.78, 5) is 7.22. The van der Waals surface area contributed by atoms with Crippen molar-refractivity contribution in [2.24, 2.45) is 16.8 Å². The van der Waals surface area contributed by atoms with E-state index in [0.717, 1.165) is 37.4 Å². The van der Waals surface area contributed by atoms with Gasteiger partial charge in [-0.1, -0.05) is 19.1 Å². The summed E-state index contributed by atoms with van der Waals surface area (Å²) >= 11 is 0. The minimum atomic E-state index is 0. The molecule has 1 aliphatic heterocycles. The number of benzene rings is 1. The van der Waals surface area contributed by atoms with Gasteiger partial charge < -0.3 is 15.5 Å². The zero-order valence-electron chi connectivity index (χ0n) is 15.6. The normalized spacial score (nSPS) is 18.6. The lowest BCUT2D eigenvalue weighted by atomic mass is 9.99. The quantitative estimate of drug-likeness (QED) is 0.386. The third kappa shape index (κ3) is 6.68. The molecule has 4 nitrogen and oxygen atoms in total. The predicted octanol–water partition coefficient (Wildman–Crippen LogP) is 4.01. The molecule has 5 heteroatoms. The van der Waals surface area contributed by atoms with Gasteiger partial charge in [0.05, 0.1) is 6.54 Å². The Morgan fingerprint density at radius 3 is 2.36 bits per heavy atom. The summed E-state index contributed by atoms with van der Waals surface area (Å²) in [6.07, 6.45) is 5.35. The SMILES string of the molecule is CCNC(=NCc1ccc(N2CCC(C)CC2)cc1)NCC1CC1.I. The maximum Gasteiger partial charge on any atom is 0.191 e. The molecule has 2 N–H and O–H groups in total. The van der Waals surface area contributed by atoms with Gasteiger partial charge in [0.2, 0.25) is 0 Å². The minimum Gasteiger partial charge on any atom is -0.372 e. The fourth-order valence-electron chi connectivity index (χ4n) is 3.15. The number of hydrogen-bond donors (Lipinski definition) is 2. The molecule has 1 aromatic carbocycles. The van der Waals surface area contributed by atoms with Crippen LogP contribution in [0.25, 0.3) is 0 Å². The topological polar surface area (TPSA) is 39.7 Å². The zero-order valence-corrected chi connectivity index (χ0v) is 18.0. The average Bonchev–Trinajstić information content (AvgIpc) is 3.43. The van der Waals surface area contributed by atoms with Crippen LogP contribution >= 0.6 is 24.0 Å². The Kier molecular flexibility index (Phi) is 8.33. The molecular weight excluding hydrogens is 423 g/mol. The highest BCUT2D eigenvalue weighted by Crippen LogP contribution is 2.27. The highest BCUT2D eigenvalue weighted by atomic mass is 127. The number of guanidine groups is 1. The second-order valence-corrected chi connectivity index (χ2v) is 7.36. The van der Waals surface area contributed by atoms with Crippen LogP contribution in [0.1, 0.15) is 45.1 Å². The lowest BCUT2D eigenvalue weighted by Crippen LogP contribution is -2.38. The van der Waals surface area contributed by atoms with Crippen LogP contribution in [0, 0.1) is 11.8 Å². The fourth-order valence-corrected chi connectivity index (χ4v) is 3.15. The van der Waals surface area contributed by atoms with E-state index in [0.29, 0.717) is 0 Å². The molecule has 3 rings (SSSR count). The molecule has 0 aromatic heterocycles. The van der Waals surface area contributed by atoms with E-state index in [1.807, 2.05) is 0 Å². The van der Waals surface area contributed by atoms with Gasteiger partial charge in [0.15, 0.2) is 5.96 Å². The Balaban J connectivity index is 0.00000225. The summed E-state index contributed by atoms with van der Waals surface area (Å²) in [7, 11) is 0. The summed E-state index contributed by atoms with van der Waals surface area (Å²) in [6, 6.07) is 8.96. The molecule has 25 heavy (non-hydrogen) atoms. The van der Waals surface area contributed by atoms with Crippen molar-refractivity contribution in [2.45, 2.75) is 46.1 Å². The largest absolute Gasteiger partial charge is 0.372 e. The van der Waals surface area contributed by atoms with Crippen molar-refractivity contribution in [3.8, 4) is 0 Å². The van der Waals surface area contributed by atoms with Crippen LogP contribution in [0.5, 0.6) is 0 Å². The molecule has 1 aliphatic carbocycles. The first-order chi connectivity index (χ1) is 11.7. The Morgan fingerprint density at radius 2 is 1.76 bits per heavy atom. The Bertz CT molecular complexity index is 531. The molecule has 1 aromatic rings. The molecule has 0 spiro atoms. The van der Waals surface area contributed by atoms with Gasteiger partial charge in [0, 0.05) is 31.9 Å². The Hall–Kier alpha value is -0.980. The van der Waals surface area contributed by atoms with E-state index in [-0.39, 0.29) is 24.0 Å². The van der Waals surface area contributed by atoms with Crippen LogP contribution in [0.2, 0.25) is 0 Å². The molecular formula is C20H33IN4. The lowest BCUT2D eigenvalue weighted by molar-refractivity contribution is 0.438. The lowest BCUT2D eigenvalue weighted by Gasteiger charge is -2.32. The molecule has 0 atom stereocenters. The molecule has 0 bridgehead atoms. The molecule has 0 radical (unpaired) electrons. The summed E-state index contributed by atoms with van der Waals surface area (Å²) in [5.41, 5.74) is 2.63. The van der Waals surface area contributed by atoms with Gasteiger partial charge in [-0.3, -0.25) is 0 Å². The first kappa shape index (κ1) is 20.3. The number of nitrogens with zero attached hydrogens (tertiary/aromatic N) is 2. The predicted molar refractivity (Wildman–Crippen MR) is 118 cm³/mol. The first-order valence-corrected chi connectivity index (χ1v) is 9.60. The van der Waals surface area contributed by atoms with E-state index < -0.39 is 0 Å². The second-order valence-electron chi connectivity index (χ2n) is 7.36. The maximum absolute atomic E-state index is 4.72. The third-order valence-corrected chi connectivity index (χ3v) is 5.10. The number of rotatable bonds is 6. The van der Waals surface area contributed by atoms with Crippen molar-refractivity contribution in [1.82, 2.24) is 10.6 Å². The van der Waals surface area contributed by atoms with E-state index in [1.54, 1.807) is 0 Å². The van der Waals surface area contributed by atoms with E-state index in [2.05, 4.69) is 53.6 Å². The summed E-state index contributed by atoms with van der Waals surface area (Å²) in [5.74, 6) is 2.68. The van der Waals surface area contributed by atoms with Crippen LogP contribution in [0.4, 0.5) is 5.69 Å². The van der Waals surface area contributed by atoms with E-state index in [9.17, 15) is 0 Å². The van der Waals surface area contributed by atoms with Gasteiger partial charge in [-0.15, -0.1) is 24.0 Å². The Morgan fingerprint density at radius 1 is 1.08 bits per heavy atom. The van der Waals surface area contributed by atoms with Gasteiger partial charge in [0.1, 0.15) is 0 Å². The molecule has 0 amide bonds. The highest BCUT2D eigenvalue weighted by Gasteiger charge is 2.21. The molecule has 1 heterocycles. The van der Waals surface area contributed by atoms with Crippen LogP contribution < -0.4 is 15.5 Å². The maximum atomic E-state index is 4.72. The summed E-state index contributed by atoms with van der Waals surface area (Å²) in [6.45, 7) is 9.54. The number of hydrogen-bond acceptors (Lipinski definition) is 2. The molecule has 2 aliphatic rings. The molecule has 0 unspecified atom stereocenters. The van der Waals surface area contributed by atoms with Gasteiger partial charge in [-0.05, 0) is 62.1 Å². The number of anilines is 1. The smallest absolute Gasteiger partial charge is 0.191 e. The number of aliphatic imine (C=N–C) groups is 1. The highest BCUT2D eigenvalue weighted by molar-refractivity contribution is 14.0. The number of halogens is 1. The van der Waals surface area contributed by atoms with Crippen molar-refractivity contribution >= 4 is 35.6 Å². The fraction of sp³-hybridized carbons (Fsp3) is 0.650.